The van der Waals surface area contributed by atoms with Crippen molar-refractivity contribution in [3.8, 4) is 5.75 Å². The van der Waals surface area contributed by atoms with Gasteiger partial charge in [0, 0.05) is 5.56 Å². The normalized spacial score (nSPS) is 10.4. The molecule has 0 heterocycles. The Bertz CT molecular complexity index is 276. The van der Waals surface area contributed by atoms with E-state index in [9.17, 15) is 8.78 Å². The third kappa shape index (κ3) is 1.85. The first-order valence-corrected chi connectivity index (χ1v) is 3.64. The molecule has 0 unspecified atom stereocenters. The van der Waals surface area contributed by atoms with Crippen molar-refractivity contribution in [3.05, 3.63) is 28.8 Å². The first kappa shape index (κ1) is 9.26. The van der Waals surface area contributed by atoms with Crippen molar-refractivity contribution in [2.45, 2.75) is 6.43 Å². The van der Waals surface area contributed by atoms with Gasteiger partial charge in [0.05, 0.1) is 12.1 Å². The number of benzene rings is 1. The zero-order valence-electron chi connectivity index (χ0n) is 6.35. The maximum absolute atomic E-state index is 12.1. The lowest BCUT2D eigenvalue weighted by Gasteiger charge is -2.04. The highest BCUT2D eigenvalue weighted by Crippen LogP contribution is 2.29. The highest BCUT2D eigenvalue weighted by Gasteiger charge is 2.09. The van der Waals surface area contributed by atoms with Gasteiger partial charge in [-0.1, -0.05) is 11.6 Å². The largest absolute Gasteiger partial charge is 0.495 e. The van der Waals surface area contributed by atoms with Crippen LogP contribution in [0.3, 0.4) is 0 Å². The highest BCUT2D eigenvalue weighted by molar-refractivity contribution is 6.32. The number of methoxy groups -OCH3 is 1. The summed E-state index contributed by atoms with van der Waals surface area (Å²) < 4.78 is 29.0. The van der Waals surface area contributed by atoms with E-state index in [1.165, 1.54) is 25.3 Å². The van der Waals surface area contributed by atoms with Crippen molar-refractivity contribution < 1.29 is 13.5 Å². The summed E-state index contributed by atoms with van der Waals surface area (Å²) in [6.45, 7) is 0. The van der Waals surface area contributed by atoms with Gasteiger partial charge in [0.25, 0.3) is 6.43 Å². The van der Waals surface area contributed by atoms with Gasteiger partial charge in [0.2, 0.25) is 0 Å². The Kier molecular flexibility index (Phi) is 2.87. The first-order chi connectivity index (χ1) is 5.65. The lowest BCUT2D eigenvalue weighted by atomic mass is 10.2. The molecule has 1 rings (SSSR count). The van der Waals surface area contributed by atoms with Gasteiger partial charge >= 0.3 is 0 Å². The summed E-state index contributed by atoms with van der Waals surface area (Å²) in [7, 11) is 1.43. The number of alkyl halides is 2. The third-order valence-corrected chi connectivity index (χ3v) is 1.72. The van der Waals surface area contributed by atoms with Gasteiger partial charge in [0.15, 0.2) is 0 Å². The molecule has 1 aromatic rings. The Morgan fingerprint density at radius 2 is 2.08 bits per heavy atom. The molecule has 0 bridgehead atoms. The summed E-state index contributed by atoms with van der Waals surface area (Å²) in [6, 6.07) is 3.91. The molecule has 0 aliphatic heterocycles. The summed E-state index contributed by atoms with van der Waals surface area (Å²) in [5, 5.41) is 0.204. The molecule has 12 heavy (non-hydrogen) atoms. The second-order valence-corrected chi connectivity index (χ2v) is 2.60. The molecule has 1 aromatic carbocycles. The number of hydrogen-bond donors (Lipinski definition) is 0. The van der Waals surface area contributed by atoms with Crippen LogP contribution >= 0.6 is 11.6 Å². The molecule has 4 heteroatoms. The predicted octanol–water partition coefficient (Wildman–Crippen LogP) is 3.29. The summed E-state index contributed by atoms with van der Waals surface area (Å²) in [5.41, 5.74) is -0.0965. The van der Waals surface area contributed by atoms with Gasteiger partial charge in [-0.25, -0.2) is 8.78 Å². The van der Waals surface area contributed by atoms with E-state index in [4.69, 9.17) is 16.3 Å². The standard InChI is InChI=1S/C8H7ClF2O/c1-12-7-3-2-5(8(10)11)4-6(7)9/h2-4,8H,1H3. The van der Waals surface area contributed by atoms with Crippen LogP contribution in [0.1, 0.15) is 12.0 Å². The van der Waals surface area contributed by atoms with Crippen LogP contribution in [0, 0.1) is 0 Å². The Labute approximate surface area is 73.9 Å². The zero-order valence-corrected chi connectivity index (χ0v) is 7.11. The molecular weight excluding hydrogens is 186 g/mol. The Morgan fingerprint density at radius 3 is 2.50 bits per heavy atom. The van der Waals surface area contributed by atoms with Gasteiger partial charge in [-0.2, -0.15) is 0 Å². The minimum Gasteiger partial charge on any atom is -0.495 e. The Morgan fingerprint density at radius 1 is 1.42 bits per heavy atom. The fraction of sp³-hybridized carbons (Fsp3) is 0.250. The van der Waals surface area contributed by atoms with Crippen molar-refractivity contribution >= 4 is 11.6 Å². The first-order valence-electron chi connectivity index (χ1n) is 3.26. The van der Waals surface area contributed by atoms with Crippen LogP contribution < -0.4 is 4.74 Å². The molecule has 0 N–H and O–H groups in total. The van der Waals surface area contributed by atoms with Crippen molar-refractivity contribution in [1.29, 1.82) is 0 Å². The number of halogens is 3. The summed E-state index contributed by atoms with van der Waals surface area (Å²) in [6.07, 6.45) is -2.49. The van der Waals surface area contributed by atoms with E-state index >= 15 is 0 Å². The van der Waals surface area contributed by atoms with Crippen LogP contribution in [0.5, 0.6) is 5.75 Å². The zero-order chi connectivity index (χ0) is 9.14. The number of hydrogen-bond acceptors (Lipinski definition) is 1. The predicted molar refractivity (Wildman–Crippen MR) is 43.0 cm³/mol. The summed E-state index contributed by atoms with van der Waals surface area (Å²) >= 11 is 5.62. The van der Waals surface area contributed by atoms with E-state index in [1.807, 2.05) is 0 Å². The van der Waals surface area contributed by atoms with Crippen LogP contribution in [0.2, 0.25) is 5.02 Å². The molecule has 0 aliphatic carbocycles. The Hall–Kier alpha value is -0.830. The molecule has 0 amide bonds. The smallest absolute Gasteiger partial charge is 0.263 e. The second kappa shape index (κ2) is 3.72. The lowest BCUT2D eigenvalue weighted by molar-refractivity contribution is 0.151. The number of ether oxygens (including phenoxy) is 1. The SMILES string of the molecule is COc1ccc(C(F)F)cc1Cl. The average Bonchev–Trinajstić information content (AvgIpc) is 2.04. The maximum Gasteiger partial charge on any atom is 0.263 e. The molecule has 0 atom stereocenters. The van der Waals surface area contributed by atoms with E-state index < -0.39 is 6.43 Å². The molecule has 0 saturated heterocycles. The Balaban J connectivity index is 3.02. The molecule has 0 fully saturated rings. The fourth-order valence-electron chi connectivity index (χ4n) is 0.818. The van der Waals surface area contributed by atoms with E-state index in [0.29, 0.717) is 5.75 Å². The maximum atomic E-state index is 12.1. The van der Waals surface area contributed by atoms with Crippen molar-refractivity contribution in [1.82, 2.24) is 0 Å². The van der Waals surface area contributed by atoms with Crippen molar-refractivity contribution in [2.75, 3.05) is 7.11 Å². The second-order valence-electron chi connectivity index (χ2n) is 2.19. The molecule has 0 radical (unpaired) electrons. The van der Waals surface area contributed by atoms with Gasteiger partial charge in [-0.05, 0) is 18.2 Å². The molecule has 66 valence electrons. The highest BCUT2D eigenvalue weighted by atomic mass is 35.5. The quantitative estimate of drug-likeness (QED) is 0.699. The molecule has 1 nitrogen and oxygen atoms in total. The lowest BCUT2D eigenvalue weighted by Crippen LogP contribution is -1.87. The van der Waals surface area contributed by atoms with E-state index in [2.05, 4.69) is 0 Å². The van der Waals surface area contributed by atoms with E-state index in [1.54, 1.807) is 0 Å². The average molecular weight is 193 g/mol. The molecule has 0 saturated carbocycles. The molecular formula is C8H7ClF2O. The van der Waals surface area contributed by atoms with E-state index in [-0.39, 0.29) is 10.6 Å². The third-order valence-electron chi connectivity index (χ3n) is 1.43. The minimum atomic E-state index is -2.49. The molecule has 0 spiro atoms. The monoisotopic (exact) mass is 192 g/mol. The van der Waals surface area contributed by atoms with Gasteiger partial charge in [0.1, 0.15) is 5.75 Å². The summed E-state index contributed by atoms with van der Waals surface area (Å²) in [4.78, 5) is 0. The van der Waals surface area contributed by atoms with Crippen LogP contribution in [0.15, 0.2) is 18.2 Å². The van der Waals surface area contributed by atoms with Crippen LogP contribution in [-0.2, 0) is 0 Å². The van der Waals surface area contributed by atoms with Gasteiger partial charge in [-0.15, -0.1) is 0 Å². The minimum absolute atomic E-state index is 0.0965. The molecule has 0 aromatic heterocycles. The topological polar surface area (TPSA) is 9.23 Å². The number of rotatable bonds is 2. The van der Waals surface area contributed by atoms with Crippen molar-refractivity contribution in [3.63, 3.8) is 0 Å². The van der Waals surface area contributed by atoms with Crippen LogP contribution in [0.4, 0.5) is 8.78 Å². The van der Waals surface area contributed by atoms with Crippen molar-refractivity contribution in [2.24, 2.45) is 0 Å². The van der Waals surface area contributed by atoms with Crippen LogP contribution in [0.25, 0.3) is 0 Å². The van der Waals surface area contributed by atoms with Gasteiger partial charge < -0.3 is 4.74 Å². The fourth-order valence-corrected chi connectivity index (χ4v) is 1.08. The van der Waals surface area contributed by atoms with Crippen LogP contribution in [-0.4, -0.2) is 7.11 Å². The molecule has 0 aliphatic rings. The summed E-state index contributed by atoms with van der Waals surface area (Å²) in [5.74, 6) is 0.404. The van der Waals surface area contributed by atoms with Gasteiger partial charge in [-0.3, -0.25) is 0 Å². The van der Waals surface area contributed by atoms with E-state index in [0.717, 1.165) is 0 Å².